The highest BCUT2D eigenvalue weighted by atomic mass is 35.5. The molecule has 0 unspecified atom stereocenters. The van der Waals surface area contributed by atoms with Gasteiger partial charge in [-0.05, 0) is 59.7 Å². The first-order valence-corrected chi connectivity index (χ1v) is 10.7. The molecule has 0 aromatic heterocycles. The highest BCUT2D eigenvalue weighted by Crippen LogP contribution is 2.20. The maximum absolute atomic E-state index is 12.5. The molecule has 6 nitrogen and oxygen atoms in total. The number of hydrogen-bond acceptors (Lipinski definition) is 4. The Morgan fingerprint density at radius 2 is 1.69 bits per heavy atom. The van der Waals surface area contributed by atoms with Crippen molar-refractivity contribution in [2.24, 2.45) is 0 Å². The van der Waals surface area contributed by atoms with Crippen LogP contribution in [-0.2, 0) is 10.0 Å². The fraction of sp³-hybridized carbons (Fsp3) is 0.611. The Labute approximate surface area is 162 Å². The minimum atomic E-state index is -3.69. The summed E-state index contributed by atoms with van der Waals surface area (Å²) in [6.45, 7) is 13.0. The number of amides is 1. The molecular weight excluding hydrogens is 374 g/mol. The molecule has 0 aliphatic carbocycles. The first-order chi connectivity index (χ1) is 12.0. The maximum atomic E-state index is 12.5. The van der Waals surface area contributed by atoms with E-state index in [1.165, 1.54) is 18.2 Å². The highest BCUT2D eigenvalue weighted by molar-refractivity contribution is 7.89. The molecule has 148 valence electrons. The van der Waals surface area contributed by atoms with Crippen molar-refractivity contribution >= 4 is 27.5 Å². The first kappa shape index (κ1) is 22.9. The largest absolute Gasteiger partial charge is 0.351 e. The number of sulfonamides is 1. The smallest absolute Gasteiger partial charge is 0.252 e. The highest BCUT2D eigenvalue weighted by Gasteiger charge is 2.20. The summed E-state index contributed by atoms with van der Waals surface area (Å²) in [7, 11) is -3.69. The Kier molecular flexibility index (Phi) is 8.53. The van der Waals surface area contributed by atoms with E-state index in [9.17, 15) is 13.2 Å². The average Bonchev–Trinajstić information content (AvgIpc) is 2.49. The van der Waals surface area contributed by atoms with Gasteiger partial charge in [-0.1, -0.05) is 11.6 Å². The summed E-state index contributed by atoms with van der Waals surface area (Å²) in [6, 6.07) is 4.62. The number of nitrogens with one attached hydrogen (secondary N) is 2. The third kappa shape index (κ3) is 6.54. The van der Waals surface area contributed by atoms with Crippen molar-refractivity contribution in [2.75, 3.05) is 13.1 Å². The Morgan fingerprint density at radius 3 is 2.19 bits per heavy atom. The average molecular weight is 404 g/mol. The molecule has 0 aliphatic heterocycles. The van der Waals surface area contributed by atoms with Crippen LogP contribution in [0.4, 0.5) is 0 Å². The van der Waals surface area contributed by atoms with Crippen LogP contribution in [0, 0.1) is 0 Å². The minimum Gasteiger partial charge on any atom is -0.351 e. The van der Waals surface area contributed by atoms with Gasteiger partial charge in [-0.3, -0.25) is 9.69 Å². The molecule has 0 atom stereocenters. The molecule has 0 saturated carbocycles. The lowest BCUT2D eigenvalue weighted by atomic mass is 10.2. The van der Waals surface area contributed by atoms with E-state index in [0.29, 0.717) is 25.2 Å². The molecular formula is C18H30ClN3O3S. The van der Waals surface area contributed by atoms with Crippen LogP contribution in [0.5, 0.6) is 0 Å². The van der Waals surface area contributed by atoms with Crippen molar-refractivity contribution in [3.63, 3.8) is 0 Å². The molecule has 0 heterocycles. The van der Waals surface area contributed by atoms with Crippen molar-refractivity contribution in [3.05, 3.63) is 28.8 Å². The Morgan fingerprint density at radius 1 is 1.12 bits per heavy atom. The summed E-state index contributed by atoms with van der Waals surface area (Å²) >= 11 is 6.10. The number of nitrogens with zero attached hydrogens (tertiary/aromatic N) is 1. The van der Waals surface area contributed by atoms with Gasteiger partial charge in [0, 0.05) is 31.2 Å². The molecule has 0 bridgehead atoms. The number of carbonyl (C=O) groups is 1. The van der Waals surface area contributed by atoms with Crippen LogP contribution in [-0.4, -0.2) is 50.4 Å². The fourth-order valence-electron chi connectivity index (χ4n) is 2.73. The quantitative estimate of drug-likeness (QED) is 0.664. The molecule has 26 heavy (non-hydrogen) atoms. The number of rotatable bonds is 9. The van der Waals surface area contributed by atoms with Crippen molar-refractivity contribution in [1.82, 2.24) is 14.9 Å². The monoisotopic (exact) mass is 403 g/mol. The summed E-state index contributed by atoms with van der Waals surface area (Å²) < 4.78 is 27.1. The Hall–Kier alpha value is -1.15. The predicted molar refractivity (Wildman–Crippen MR) is 106 cm³/mol. The van der Waals surface area contributed by atoms with Crippen LogP contribution >= 0.6 is 11.6 Å². The number of hydrogen-bond donors (Lipinski definition) is 2. The second-order valence-corrected chi connectivity index (χ2v) is 9.22. The zero-order chi connectivity index (χ0) is 20.1. The Balaban J connectivity index is 2.88. The van der Waals surface area contributed by atoms with Crippen LogP contribution in [0.15, 0.2) is 23.1 Å². The lowest BCUT2D eigenvalue weighted by Gasteiger charge is -2.30. The van der Waals surface area contributed by atoms with Gasteiger partial charge < -0.3 is 5.32 Å². The van der Waals surface area contributed by atoms with E-state index < -0.39 is 10.0 Å². The first-order valence-electron chi connectivity index (χ1n) is 8.81. The van der Waals surface area contributed by atoms with Crippen LogP contribution in [0.3, 0.4) is 0 Å². The predicted octanol–water partition coefficient (Wildman–Crippen LogP) is 2.88. The van der Waals surface area contributed by atoms with Gasteiger partial charge in [-0.25, -0.2) is 13.1 Å². The molecule has 0 fully saturated rings. The molecule has 1 rings (SSSR count). The molecule has 0 radical (unpaired) electrons. The van der Waals surface area contributed by atoms with Crippen molar-refractivity contribution in [1.29, 1.82) is 0 Å². The van der Waals surface area contributed by atoms with Crippen molar-refractivity contribution in [2.45, 2.75) is 64.6 Å². The number of halogens is 1. The fourth-order valence-corrected chi connectivity index (χ4v) is 4.21. The second kappa shape index (κ2) is 9.69. The molecule has 1 amide bonds. The van der Waals surface area contributed by atoms with Gasteiger partial charge in [0.25, 0.3) is 5.91 Å². The second-order valence-electron chi connectivity index (χ2n) is 7.10. The van der Waals surface area contributed by atoms with Gasteiger partial charge in [0.15, 0.2) is 0 Å². The van der Waals surface area contributed by atoms with Crippen LogP contribution in [0.1, 0.15) is 51.9 Å². The van der Waals surface area contributed by atoms with Gasteiger partial charge in [-0.15, -0.1) is 0 Å². The zero-order valence-electron chi connectivity index (χ0n) is 16.3. The van der Waals surface area contributed by atoms with Gasteiger partial charge in [0.1, 0.15) is 0 Å². The molecule has 1 aromatic carbocycles. The van der Waals surface area contributed by atoms with Gasteiger partial charge in [0.2, 0.25) is 10.0 Å². The SMILES string of the molecule is CC(C)NS(=O)(=O)c1ccc(Cl)c(C(=O)NCCN(C(C)C)C(C)C)c1. The standard InChI is InChI=1S/C18H30ClN3O3S/c1-12(2)21-26(24,25)15-7-8-17(19)16(11-15)18(23)20-9-10-22(13(3)4)14(5)6/h7-8,11-14,21H,9-10H2,1-6H3,(H,20,23). The number of benzene rings is 1. The summed E-state index contributed by atoms with van der Waals surface area (Å²) in [6.07, 6.45) is 0. The zero-order valence-corrected chi connectivity index (χ0v) is 17.9. The summed E-state index contributed by atoms with van der Waals surface area (Å²) in [4.78, 5) is 14.7. The van der Waals surface area contributed by atoms with Gasteiger partial charge in [-0.2, -0.15) is 0 Å². The summed E-state index contributed by atoms with van der Waals surface area (Å²) in [5.74, 6) is -0.385. The van der Waals surface area contributed by atoms with E-state index >= 15 is 0 Å². The van der Waals surface area contributed by atoms with E-state index in [2.05, 4.69) is 42.6 Å². The Bertz CT molecular complexity index is 710. The van der Waals surface area contributed by atoms with E-state index in [1.54, 1.807) is 13.8 Å². The third-order valence-corrected chi connectivity index (χ3v) is 5.85. The van der Waals surface area contributed by atoms with Crippen LogP contribution in [0.2, 0.25) is 5.02 Å². The van der Waals surface area contributed by atoms with E-state index in [-0.39, 0.29) is 27.4 Å². The van der Waals surface area contributed by atoms with E-state index in [4.69, 9.17) is 11.6 Å². The van der Waals surface area contributed by atoms with E-state index in [1.807, 2.05) is 0 Å². The van der Waals surface area contributed by atoms with Crippen LogP contribution < -0.4 is 10.0 Å². The van der Waals surface area contributed by atoms with E-state index in [0.717, 1.165) is 0 Å². The van der Waals surface area contributed by atoms with Crippen molar-refractivity contribution < 1.29 is 13.2 Å². The molecule has 1 aromatic rings. The summed E-state index contributed by atoms with van der Waals surface area (Å²) in [5, 5.41) is 3.04. The van der Waals surface area contributed by atoms with Crippen LogP contribution in [0.25, 0.3) is 0 Å². The maximum Gasteiger partial charge on any atom is 0.252 e. The third-order valence-electron chi connectivity index (χ3n) is 3.87. The molecule has 2 N–H and O–H groups in total. The normalized spacial score (nSPS) is 12.4. The minimum absolute atomic E-state index is 0.0201. The van der Waals surface area contributed by atoms with Gasteiger partial charge >= 0.3 is 0 Å². The summed E-state index contributed by atoms with van der Waals surface area (Å²) in [5.41, 5.74) is 0.152. The van der Waals surface area contributed by atoms with Crippen molar-refractivity contribution in [3.8, 4) is 0 Å². The molecule has 0 saturated heterocycles. The lowest BCUT2D eigenvalue weighted by Crippen LogP contribution is -2.42. The molecule has 0 aliphatic rings. The lowest BCUT2D eigenvalue weighted by molar-refractivity contribution is 0.0939. The van der Waals surface area contributed by atoms with Gasteiger partial charge in [0.05, 0.1) is 15.5 Å². The topological polar surface area (TPSA) is 78.5 Å². The molecule has 0 spiro atoms. The number of carbonyl (C=O) groups excluding carboxylic acids is 1. The molecule has 8 heteroatoms.